The number of hydrogen-bond donors (Lipinski definition) is 3. The summed E-state index contributed by atoms with van der Waals surface area (Å²) in [5.74, 6) is -1.43. The van der Waals surface area contributed by atoms with Crippen molar-refractivity contribution in [3.63, 3.8) is 0 Å². The zero-order valence-corrected chi connectivity index (χ0v) is 20.8. The van der Waals surface area contributed by atoms with Crippen LogP contribution in [-0.4, -0.2) is 35.6 Å². The van der Waals surface area contributed by atoms with E-state index in [2.05, 4.69) is 17.6 Å². The van der Waals surface area contributed by atoms with Gasteiger partial charge in [-0.3, -0.25) is 4.79 Å². The van der Waals surface area contributed by atoms with Gasteiger partial charge in [-0.15, -0.1) is 0 Å². The number of rotatable bonds is 23. The molecule has 0 saturated heterocycles. The van der Waals surface area contributed by atoms with Gasteiger partial charge in [-0.2, -0.15) is 5.26 Å². The Morgan fingerprint density at radius 2 is 1.25 bits per heavy atom. The van der Waals surface area contributed by atoms with Crippen LogP contribution < -0.4 is 10.6 Å². The van der Waals surface area contributed by atoms with Crippen LogP contribution in [0.15, 0.2) is 0 Å². The van der Waals surface area contributed by atoms with Gasteiger partial charge in [0.15, 0.2) is 0 Å². The number of aliphatic carboxylic acids is 1. The van der Waals surface area contributed by atoms with Gasteiger partial charge in [0, 0.05) is 6.42 Å². The van der Waals surface area contributed by atoms with Crippen molar-refractivity contribution in [1.29, 1.82) is 5.26 Å². The Bertz CT molecular complexity index is 505. The summed E-state index contributed by atoms with van der Waals surface area (Å²) in [5.41, 5.74) is 0. The van der Waals surface area contributed by atoms with E-state index >= 15 is 0 Å². The highest BCUT2D eigenvalue weighted by Gasteiger charge is 2.22. The molecule has 6 nitrogen and oxygen atoms in total. The lowest BCUT2D eigenvalue weighted by molar-refractivity contribution is -0.142. The van der Waals surface area contributed by atoms with Crippen LogP contribution in [0.2, 0.25) is 0 Å². The van der Waals surface area contributed by atoms with Crippen molar-refractivity contribution in [3.8, 4) is 6.07 Å². The molecular formula is C26H49N3O3. The standard InChI is InChI=1S/C26H49N3O3/c1-3-4-5-6-7-8-9-10-11-12-13-14-15-16-17-18-22-28-23(2)25(30)29-24(26(31)32)20-19-21-27/h23-24,28H,3-20,22H2,1-2H3,(H,29,30)(H,31,32)/t23-,24+/m1/s1. The summed E-state index contributed by atoms with van der Waals surface area (Å²) in [6, 6.07) is 0.479. The molecule has 0 aliphatic rings. The number of unbranched alkanes of at least 4 members (excludes halogenated alkanes) is 15. The van der Waals surface area contributed by atoms with E-state index in [0.29, 0.717) is 0 Å². The van der Waals surface area contributed by atoms with Gasteiger partial charge in [0.2, 0.25) is 5.91 Å². The molecule has 0 aliphatic carbocycles. The lowest BCUT2D eigenvalue weighted by Gasteiger charge is -2.18. The van der Waals surface area contributed by atoms with E-state index in [4.69, 9.17) is 10.4 Å². The molecule has 6 heteroatoms. The van der Waals surface area contributed by atoms with Crippen LogP contribution in [0, 0.1) is 11.3 Å². The van der Waals surface area contributed by atoms with Gasteiger partial charge in [-0.25, -0.2) is 4.79 Å². The Kier molecular flexibility index (Phi) is 21.4. The van der Waals surface area contributed by atoms with Crippen LogP contribution in [0.4, 0.5) is 0 Å². The van der Waals surface area contributed by atoms with E-state index < -0.39 is 18.1 Å². The number of amides is 1. The number of nitrogens with one attached hydrogen (secondary N) is 2. The molecule has 0 fully saturated rings. The maximum absolute atomic E-state index is 12.1. The molecule has 32 heavy (non-hydrogen) atoms. The van der Waals surface area contributed by atoms with Crippen molar-refractivity contribution < 1.29 is 14.7 Å². The molecule has 0 spiro atoms. The molecule has 0 radical (unpaired) electrons. The molecule has 1 amide bonds. The average Bonchev–Trinajstić information content (AvgIpc) is 2.78. The zero-order valence-electron chi connectivity index (χ0n) is 20.8. The van der Waals surface area contributed by atoms with Crippen molar-refractivity contribution in [2.75, 3.05) is 6.54 Å². The fourth-order valence-corrected chi connectivity index (χ4v) is 3.85. The van der Waals surface area contributed by atoms with Gasteiger partial charge >= 0.3 is 5.97 Å². The predicted octanol–water partition coefficient (Wildman–Crippen LogP) is 6.10. The summed E-state index contributed by atoms with van der Waals surface area (Å²) in [7, 11) is 0. The summed E-state index contributed by atoms with van der Waals surface area (Å²) >= 11 is 0. The molecule has 0 aromatic carbocycles. The molecular weight excluding hydrogens is 402 g/mol. The second kappa shape index (κ2) is 22.6. The molecule has 0 aromatic rings. The van der Waals surface area contributed by atoms with E-state index in [-0.39, 0.29) is 18.7 Å². The van der Waals surface area contributed by atoms with Crippen LogP contribution >= 0.6 is 0 Å². The third kappa shape index (κ3) is 19.1. The highest BCUT2D eigenvalue weighted by Crippen LogP contribution is 2.13. The number of carbonyl (C=O) groups is 2. The van der Waals surface area contributed by atoms with E-state index in [0.717, 1.165) is 19.4 Å². The maximum atomic E-state index is 12.1. The van der Waals surface area contributed by atoms with Crippen molar-refractivity contribution in [1.82, 2.24) is 10.6 Å². The molecule has 0 saturated carbocycles. The topological polar surface area (TPSA) is 102 Å². The van der Waals surface area contributed by atoms with Gasteiger partial charge in [0.1, 0.15) is 6.04 Å². The third-order valence-corrected chi connectivity index (χ3v) is 6.03. The van der Waals surface area contributed by atoms with E-state index in [1.54, 1.807) is 6.92 Å². The van der Waals surface area contributed by atoms with Crippen LogP contribution in [0.25, 0.3) is 0 Å². The minimum atomic E-state index is -1.10. The lowest BCUT2D eigenvalue weighted by atomic mass is 10.0. The first-order chi connectivity index (χ1) is 15.5. The van der Waals surface area contributed by atoms with Gasteiger partial charge in [-0.1, -0.05) is 103 Å². The summed E-state index contributed by atoms with van der Waals surface area (Å²) in [5, 5.41) is 23.4. The molecule has 0 bridgehead atoms. The van der Waals surface area contributed by atoms with E-state index in [1.165, 1.54) is 89.9 Å². The Balaban J connectivity index is 3.48. The number of carbonyl (C=O) groups excluding carboxylic acids is 1. The van der Waals surface area contributed by atoms with Crippen molar-refractivity contribution in [2.45, 2.75) is 142 Å². The molecule has 2 atom stereocenters. The fraction of sp³-hybridized carbons (Fsp3) is 0.885. The molecule has 0 heterocycles. The van der Waals surface area contributed by atoms with Crippen LogP contribution in [0.3, 0.4) is 0 Å². The van der Waals surface area contributed by atoms with Crippen LogP contribution in [-0.2, 0) is 9.59 Å². The summed E-state index contributed by atoms with van der Waals surface area (Å²) < 4.78 is 0. The Labute approximate surface area is 196 Å². The smallest absolute Gasteiger partial charge is 0.326 e. The second-order valence-electron chi connectivity index (χ2n) is 9.08. The highest BCUT2D eigenvalue weighted by molar-refractivity contribution is 5.86. The number of carboxylic acid groups (broad SMARTS) is 1. The summed E-state index contributed by atoms with van der Waals surface area (Å²) in [4.78, 5) is 23.2. The minimum Gasteiger partial charge on any atom is -0.480 e. The number of nitrogens with zero attached hydrogens (tertiary/aromatic N) is 1. The quantitative estimate of drug-likeness (QED) is 0.163. The Hall–Kier alpha value is -1.61. The van der Waals surface area contributed by atoms with Crippen molar-refractivity contribution in [3.05, 3.63) is 0 Å². The number of carboxylic acids is 1. The van der Waals surface area contributed by atoms with Gasteiger partial charge < -0.3 is 15.7 Å². The first kappa shape index (κ1) is 30.4. The van der Waals surface area contributed by atoms with Gasteiger partial charge in [0.25, 0.3) is 0 Å². The van der Waals surface area contributed by atoms with Gasteiger partial charge in [-0.05, 0) is 26.3 Å². The first-order valence-corrected chi connectivity index (χ1v) is 13.2. The van der Waals surface area contributed by atoms with E-state index in [9.17, 15) is 9.59 Å². The zero-order chi connectivity index (χ0) is 23.9. The monoisotopic (exact) mass is 451 g/mol. The Morgan fingerprint density at radius 3 is 1.66 bits per heavy atom. The normalized spacial score (nSPS) is 12.8. The van der Waals surface area contributed by atoms with Gasteiger partial charge in [0.05, 0.1) is 12.1 Å². The van der Waals surface area contributed by atoms with Crippen LogP contribution in [0.5, 0.6) is 0 Å². The van der Waals surface area contributed by atoms with Crippen molar-refractivity contribution >= 4 is 11.9 Å². The average molecular weight is 452 g/mol. The fourth-order valence-electron chi connectivity index (χ4n) is 3.85. The highest BCUT2D eigenvalue weighted by atomic mass is 16.4. The molecule has 0 rings (SSSR count). The molecule has 186 valence electrons. The van der Waals surface area contributed by atoms with Crippen molar-refractivity contribution in [2.24, 2.45) is 0 Å². The van der Waals surface area contributed by atoms with E-state index in [1.807, 2.05) is 6.07 Å². The number of nitriles is 1. The second-order valence-corrected chi connectivity index (χ2v) is 9.08. The predicted molar refractivity (Wildman–Crippen MR) is 131 cm³/mol. The molecule has 3 N–H and O–H groups in total. The molecule has 0 aromatic heterocycles. The summed E-state index contributed by atoms with van der Waals surface area (Å²) in [6.07, 6.45) is 21.6. The molecule has 0 unspecified atom stereocenters. The number of hydrogen-bond acceptors (Lipinski definition) is 4. The maximum Gasteiger partial charge on any atom is 0.326 e. The SMILES string of the molecule is CCCCCCCCCCCCCCCCCCN[C@H](C)C(=O)N[C@@H](CCC#N)C(=O)O. The van der Waals surface area contributed by atoms with Crippen LogP contribution in [0.1, 0.15) is 129 Å². The first-order valence-electron chi connectivity index (χ1n) is 13.2. The Morgan fingerprint density at radius 1 is 0.812 bits per heavy atom. The molecule has 0 aliphatic heterocycles. The third-order valence-electron chi connectivity index (χ3n) is 6.03. The summed E-state index contributed by atoms with van der Waals surface area (Å²) in [6.45, 7) is 4.76. The minimum absolute atomic E-state index is 0.109. The largest absolute Gasteiger partial charge is 0.480 e. The lowest BCUT2D eigenvalue weighted by Crippen LogP contribution is -2.49.